The van der Waals surface area contributed by atoms with E-state index in [4.69, 9.17) is 9.31 Å². The van der Waals surface area contributed by atoms with Crippen molar-refractivity contribution in [2.75, 3.05) is 0 Å². The molecule has 1 aliphatic heterocycles. The maximum atomic E-state index is 10.2. The van der Waals surface area contributed by atoms with Gasteiger partial charge >= 0.3 is 7.12 Å². The lowest BCUT2D eigenvalue weighted by Gasteiger charge is -2.32. The van der Waals surface area contributed by atoms with Crippen molar-refractivity contribution >= 4 is 12.6 Å². The predicted octanol–water partition coefficient (Wildman–Crippen LogP) is 1.00. The molecule has 1 aromatic rings. The van der Waals surface area contributed by atoms with E-state index >= 15 is 0 Å². The van der Waals surface area contributed by atoms with Gasteiger partial charge in [0.15, 0.2) is 0 Å². The number of aliphatic hydroxyl groups is 1. The van der Waals surface area contributed by atoms with E-state index in [1.165, 1.54) is 6.33 Å². The Bertz CT molecular complexity index is 467. The second-order valence-electron chi connectivity index (χ2n) is 6.47. The quantitative estimate of drug-likeness (QED) is 0.807. The molecule has 1 aliphatic rings. The summed E-state index contributed by atoms with van der Waals surface area (Å²) in [5.41, 5.74) is -0.717. The molecule has 0 aliphatic carbocycles. The van der Waals surface area contributed by atoms with Gasteiger partial charge < -0.3 is 14.4 Å². The molecular formula is C13H21BN2O3. The monoisotopic (exact) mass is 264 g/mol. The Labute approximate surface area is 114 Å². The van der Waals surface area contributed by atoms with Crippen LogP contribution in [-0.2, 0) is 14.9 Å². The summed E-state index contributed by atoms with van der Waals surface area (Å²) >= 11 is 0. The molecule has 0 radical (unpaired) electrons. The smallest absolute Gasteiger partial charge is 0.399 e. The fourth-order valence-corrected chi connectivity index (χ4v) is 1.99. The van der Waals surface area contributed by atoms with Gasteiger partial charge in [-0.2, -0.15) is 0 Å². The van der Waals surface area contributed by atoms with Gasteiger partial charge in [0.1, 0.15) is 11.9 Å². The summed E-state index contributed by atoms with van der Waals surface area (Å²) in [6.45, 7) is 11.3. The van der Waals surface area contributed by atoms with Crippen molar-refractivity contribution in [2.45, 2.75) is 58.3 Å². The maximum absolute atomic E-state index is 10.2. The molecule has 1 aromatic heterocycles. The SMILES string of the molecule is CC(C)(O)c1ncncc1B1OC(C)(C)C(C)(C)O1. The summed E-state index contributed by atoms with van der Waals surface area (Å²) in [5.74, 6) is 0. The molecule has 6 heteroatoms. The number of hydrogen-bond donors (Lipinski definition) is 1. The molecule has 0 atom stereocenters. The Morgan fingerprint density at radius 2 is 1.68 bits per heavy atom. The van der Waals surface area contributed by atoms with E-state index in [0.717, 1.165) is 0 Å². The minimum atomic E-state index is -1.07. The fourth-order valence-electron chi connectivity index (χ4n) is 1.99. The second-order valence-corrected chi connectivity index (χ2v) is 6.47. The van der Waals surface area contributed by atoms with Crippen LogP contribution in [0, 0.1) is 0 Å². The molecule has 2 rings (SSSR count). The molecular weight excluding hydrogens is 243 g/mol. The van der Waals surface area contributed by atoms with Gasteiger partial charge in [-0.3, -0.25) is 0 Å². The van der Waals surface area contributed by atoms with Gasteiger partial charge in [-0.15, -0.1) is 0 Å². The summed E-state index contributed by atoms with van der Waals surface area (Å²) in [6.07, 6.45) is 3.06. The molecule has 1 N–H and O–H groups in total. The van der Waals surface area contributed by atoms with E-state index in [1.807, 2.05) is 27.7 Å². The van der Waals surface area contributed by atoms with Gasteiger partial charge in [0, 0.05) is 11.7 Å². The van der Waals surface area contributed by atoms with Gasteiger partial charge in [-0.05, 0) is 41.5 Å². The fraction of sp³-hybridized carbons (Fsp3) is 0.692. The molecule has 0 bridgehead atoms. The molecule has 0 unspecified atom stereocenters. The summed E-state index contributed by atoms with van der Waals surface area (Å²) in [5, 5.41) is 10.2. The van der Waals surface area contributed by atoms with Crippen LogP contribution in [0.3, 0.4) is 0 Å². The highest BCUT2D eigenvalue weighted by atomic mass is 16.7. The standard InChI is InChI=1S/C13H21BN2O3/c1-11(2,17)10-9(7-15-8-16-10)14-18-12(3,4)13(5,6)19-14/h7-8,17H,1-6H3. The van der Waals surface area contributed by atoms with Crippen molar-refractivity contribution in [2.24, 2.45) is 0 Å². The molecule has 19 heavy (non-hydrogen) atoms. The van der Waals surface area contributed by atoms with Crippen molar-refractivity contribution in [1.82, 2.24) is 9.97 Å². The molecule has 0 spiro atoms. The van der Waals surface area contributed by atoms with E-state index in [2.05, 4.69) is 9.97 Å². The van der Waals surface area contributed by atoms with Crippen LogP contribution in [-0.4, -0.2) is 33.4 Å². The Morgan fingerprint density at radius 1 is 1.16 bits per heavy atom. The topological polar surface area (TPSA) is 64.5 Å². The Kier molecular flexibility index (Phi) is 3.24. The predicted molar refractivity (Wildman–Crippen MR) is 73.0 cm³/mol. The minimum absolute atomic E-state index is 0.426. The first kappa shape index (κ1) is 14.4. The van der Waals surface area contributed by atoms with Gasteiger partial charge in [-0.25, -0.2) is 9.97 Å². The zero-order valence-corrected chi connectivity index (χ0v) is 12.4. The van der Waals surface area contributed by atoms with Gasteiger partial charge in [0.25, 0.3) is 0 Å². The molecule has 2 heterocycles. The third kappa shape index (κ3) is 2.52. The van der Waals surface area contributed by atoms with E-state index in [1.54, 1.807) is 20.0 Å². The van der Waals surface area contributed by atoms with Crippen molar-refractivity contribution in [3.63, 3.8) is 0 Å². The Hall–Kier alpha value is -0.975. The van der Waals surface area contributed by atoms with Crippen molar-refractivity contribution in [3.05, 3.63) is 18.2 Å². The van der Waals surface area contributed by atoms with Crippen LogP contribution in [0.25, 0.3) is 0 Å². The lowest BCUT2D eigenvalue weighted by atomic mass is 9.76. The number of aromatic nitrogens is 2. The van der Waals surface area contributed by atoms with Crippen LogP contribution in [0.15, 0.2) is 12.5 Å². The maximum Gasteiger partial charge on any atom is 0.498 e. The second kappa shape index (κ2) is 4.26. The Morgan fingerprint density at radius 3 is 2.16 bits per heavy atom. The molecule has 1 fully saturated rings. The molecule has 0 aromatic carbocycles. The number of rotatable bonds is 2. The van der Waals surface area contributed by atoms with Crippen LogP contribution >= 0.6 is 0 Å². The Balaban J connectivity index is 2.41. The minimum Gasteiger partial charge on any atom is -0.399 e. The van der Waals surface area contributed by atoms with Crippen LogP contribution in [0.2, 0.25) is 0 Å². The lowest BCUT2D eigenvalue weighted by Crippen LogP contribution is -2.41. The number of hydrogen-bond acceptors (Lipinski definition) is 5. The first-order chi connectivity index (χ1) is 8.55. The van der Waals surface area contributed by atoms with Crippen LogP contribution in [0.4, 0.5) is 0 Å². The largest absolute Gasteiger partial charge is 0.498 e. The highest BCUT2D eigenvalue weighted by molar-refractivity contribution is 6.62. The highest BCUT2D eigenvalue weighted by Crippen LogP contribution is 2.36. The lowest BCUT2D eigenvalue weighted by molar-refractivity contribution is 0.00578. The summed E-state index contributed by atoms with van der Waals surface area (Å²) in [4.78, 5) is 8.19. The average molecular weight is 264 g/mol. The summed E-state index contributed by atoms with van der Waals surface area (Å²) in [6, 6.07) is 0. The first-order valence-electron chi connectivity index (χ1n) is 6.43. The number of nitrogens with zero attached hydrogens (tertiary/aromatic N) is 2. The van der Waals surface area contributed by atoms with Gasteiger partial charge in [-0.1, -0.05) is 0 Å². The average Bonchev–Trinajstić information content (AvgIpc) is 2.47. The van der Waals surface area contributed by atoms with Crippen molar-refractivity contribution in [1.29, 1.82) is 0 Å². The molecule has 0 saturated carbocycles. The molecule has 1 saturated heterocycles. The summed E-state index contributed by atoms with van der Waals surface area (Å²) < 4.78 is 11.9. The molecule has 104 valence electrons. The van der Waals surface area contributed by atoms with E-state index in [9.17, 15) is 5.11 Å². The van der Waals surface area contributed by atoms with E-state index in [0.29, 0.717) is 11.2 Å². The zero-order chi connectivity index (χ0) is 14.5. The molecule has 0 amide bonds. The van der Waals surface area contributed by atoms with Crippen LogP contribution in [0.5, 0.6) is 0 Å². The van der Waals surface area contributed by atoms with E-state index < -0.39 is 23.9 Å². The third-order valence-corrected chi connectivity index (χ3v) is 3.83. The highest BCUT2D eigenvalue weighted by Gasteiger charge is 2.53. The van der Waals surface area contributed by atoms with Crippen molar-refractivity contribution in [3.8, 4) is 0 Å². The van der Waals surface area contributed by atoms with Gasteiger partial charge in [0.05, 0.1) is 16.9 Å². The molecule has 5 nitrogen and oxygen atoms in total. The van der Waals surface area contributed by atoms with Crippen LogP contribution < -0.4 is 5.46 Å². The zero-order valence-electron chi connectivity index (χ0n) is 12.4. The first-order valence-corrected chi connectivity index (χ1v) is 6.43. The third-order valence-electron chi connectivity index (χ3n) is 3.83. The van der Waals surface area contributed by atoms with Gasteiger partial charge in [0.2, 0.25) is 0 Å². The van der Waals surface area contributed by atoms with Crippen molar-refractivity contribution < 1.29 is 14.4 Å². The normalized spacial score (nSPS) is 21.7. The van der Waals surface area contributed by atoms with E-state index in [-0.39, 0.29) is 0 Å². The summed E-state index contributed by atoms with van der Waals surface area (Å²) in [7, 11) is -0.562. The van der Waals surface area contributed by atoms with Crippen LogP contribution in [0.1, 0.15) is 47.2 Å².